The van der Waals surface area contributed by atoms with E-state index < -0.39 is 0 Å². The minimum absolute atomic E-state index is 0.683. The monoisotopic (exact) mass is 215 g/mol. The second kappa shape index (κ2) is 3.99. The van der Waals surface area contributed by atoms with Crippen LogP contribution in [0.5, 0.6) is 0 Å². The van der Waals surface area contributed by atoms with Gasteiger partial charge in [-0.1, -0.05) is 11.6 Å². The van der Waals surface area contributed by atoms with E-state index in [1.54, 1.807) is 11.3 Å². The highest BCUT2D eigenvalue weighted by Crippen LogP contribution is 2.46. The van der Waals surface area contributed by atoms with Crippen molar-refractivity contribution in [3.63, 3.8) is 0 Å². The van der Waals surface area contributed by atoms with Gasteiger partial charge in [0.15, 0.2) is 0 Å². The fourth-order valence-corrected chi connectivity index (χ4v) is 3.11. The normalized spacial score (nSPS) is 18.9. The van der Waals surface area contributed by atoms with Crippen molar-refractivity contribution in [2.24, 2.45) is 11.7 Å². The van der Waals surface area contributed by atoms with Gasteiger partial charge >= 0.3 is 0 Å². The molecule has 1 aliphatic carbocycles. The van der Waals surface area contributed by atoms with Gasteiger partial charge in [0.2, 0.25) is 0 Å². The molecule has 0 amide bonds. The SMILES string of the molecule is NCCC(c1ccc(Cl)s1)C1CC1. The highest BCUT2D eigenvalue weighted by atomic mass is 35.5. The molecule has 13 heavy (non-hydrogen) atoms. The first-order valence-electron chi connectivity index (χ1n) is 4.76. The van der Waals surface area contributed by atoms with Gasteiger partial charge in [0.1, 0.15) is 0 Å². The molecule has 1 aromatic heterocycles. The van der Waals surface area contributed by atoms with Gasteiger partial charge < -0.3 is 5.73 Å². The molecule has 0 spiro atoms. The summed E-state index contributed by atoms with van der Waals surface area (Å²) in [7, 11) is 0. The van der Waals surface area contributed by atoms with Gasteiger partial charge in [-0.25, -0.2) is 0 Å². The molecule has 0 saturated heterocycles. The van der Waals surface area contributed by atoms with Gasteiger partial charge in [0.25, 0.3) is 0 Å². The number of rotatable bonds is 4. The van der Waals surface area contributed by atoms with E-state index in [4.69, 9.17) is 17.3 Å². The third kappa shape index (κ3) is 2.25. The van der Waals surface area contributed by atoms with Crippen LogP contribution in [0.1, 0.15) is 30.1 Å². The first-order valence-corrected chi connectivity index (χ1v) is 5.96. The highest BCUT2D eigenvalue weighted by Gasteiger charge is 2.32. The van der Waals surface area contributed by atoms with Crippen LogP contribution >= 0.6 is 22.9 Å². The summed E-state index contributed by atoms with van der Waals surface area (Å²) >= 11 is 7.63. The Morgan fingerprint density at radius 3 is 2.77 bits per heavy atom. The molecule has 1 aliphatic rings. The highest BCUT2D eigenvalue weighted by molar-refractivity contribution is 7.16. The Kier molecular flexibility index (Phi) is 2.92. The maximum absolute atomic E-state index is 5.92. The Morgan fingerprint density at radius 1 is 1.54 bits per heavy atom. The van der Waals surface area contributed by atoms with Crippen molar-refractivity contribution in [3.8, 4) is 0 Å². The van der Waals surface area contributed by atoms with Crippen LogP contribution in [-0.2, 0) is 0 Å². The third-order valence-electron chi connectivity index (χ3n) is 2.63. The van der Waals surface area contributed by atoms with E-state index in [-0.39, 0.29) is 0 Å². The van der Waals surface area contributed by atoms with Crippen molar-refractivity contribution < 1.29 is 0 Å². The molecule has 1 unspecified atom stereocenters. The van der Waals surface area contributed by atoms with Crippen LogP contribution in [0.4, 0.5) is 0 Å². The fourth-order valence-electron chi connectivity index (χ4n) is 1.82. The van der Waals surface area contributed by atoms with Crippen LogP contribution < -0.4 is 5.73 Å². The zero-order valence-corrected chi connectivity index (χ0v) is 9.07. The molecule has 1 atom stereocenters. The van der Waals surface area contributed by atoms with E-state index in [0.29, 0.717) is 5.92 Å². The van der Waals surface area contributed by atoms with Gasteiger partial charge in [0, 0.05) is 4.88 Å². The molecule has 1 saturated carbocycles. The average molecular weight is 216 g/mol. The molecular formula is C10H14ClNS. The standard InChI is InChI=1S/C10H14ClNS/c11-10-4-3-9(13-10)8(5-6-12)7-1-2-7/h3-4,7-8H,1-2,5-6,12H2. The van der Waals surface area contributed by atoms with Crippen molar-refractivity contribution in [1.29, 1.82) is 0 Å². The summed E-state index contributed by atoms with van der Waals surface area (Å²) < 4.78 is 0.901. The largest absolute Gasteiger partial charge is 0.330 e. The third-order valence-corrected chi connectivity index (χ3v) is 3.99. The minimum Gasteiger partial charge on any atom is -0.330 e. The van der Waals surface area contributed by atoms with E-state index in [1.807, 2.05) is 6.07 Å². The zero-order chi connectivity index (χ0) is 9.26. The van der Waals surface area contributed by atoms with E-state index >= 15 is 0 Å². The maximum atomic E-state index is 5.92. The first kappa shape index (κ1) is 9.50. The van der Waals surface area contributed by atoms with Crippen LogP contribution in [0, 0.1) is 5.92 Å². The summed E-state index contributed by atoms with van der Waals surface area (Å²) in [5.41, 5.74) is 5.61. The molecular weight excluding hydrogens is 202 g/mol. The van der Waals surface area contributed by atoms with E-state index in [9.17, 15) is 0 Å². The number of halogens is 1. The predicted molar refractivity (Wildman–Crippen MR) is 58.5 cm³/mol. The van der Waals surface area contributed by atoms with Crippen LogP contribution in [0.25, 0.3) is 0 Å². The minimum atomic E-state index is 0.683. The summed E-state index contributed by atoms with van der Waals surface area (Å²) in [6, 6.07) is 4.15. The van der Waals surface area contributed by atoms with Crippen LogP contribution in [-0.4, -0.2) is 6.54 Å². The molecule has 1 fully saturated rings. The molecule has 2 rings (SSSR count). The molecule has 1 heterocycles. The van der Waals surface area contributed by atoms with Crippen LogP contribution in [0.2, 0.25) is 4.34 Å². The fraction of sp³-hybridized carbons (Fsp3) is 0.600. The lowest BCUT2D eigenvalue weighted by Gasteiger charge is -2.12. The zero-order valence-electron chi connectivity index (χ0n) is 7.50. The predicted octanol–water partition coefficient (Wildman–Crippen LogP) is 3.24. The summed E-state index contributed by atoms with van der Waals surface area (Å²) in [6.07, 6.45) is 3.86. The topological polar surface area (TPSA) is 26.0 Å². The smallest absolute Gasteiger partial charge is 0.0931 e. The molecule has 1 aromatic rings. The van der Waals surface area contributed by atoms with Gasteiger partial charge in [-0.2, -0.15) is 0 Å². The number of thiophene rings is 1. The Balaban J connectivity index is 2.10. The summed E-state index contributed by atoms with van der Waals surface area (Å²) in [6.45, 7) is 0.788. The Labute approximate surface area is 87.9 Å². The van der Waals surface area contributed by atoms with Crippen molar-refractivity contribution >= 4 is 22.9 Å². The molecule has 3 heteroatoms. The van der Waals surface area contributed by atoms with Crippen LogP contribution in [0.15, 0.2) is 12.1 Å². The van der Waals surface area contributed by atoms with Crippen LogP contribution in [0.3, 0.4) is 0 Å². The molecule has 0 bridgehead atoms. The van der Waals surface area contributed by atoms with Gasteiger partial charge in [-0.3, -0.25) is 0 Å². The van der Waals surface area contributed by atoms with E-state index in [2.05, 4.69) is 6.07 Å². The molecule has 72 valence electrons. The Bertz CT molecular complexity index is 280. The number of hydrogen-bond acceptors (Lipinski definition) is 2. The number of nitrogens with two attached hydrogens (primary N) is 1. The Hall–Kier alpha value is -0.0500. The van der Waals surface area contributed by atoms with Crippen molar-refractivity contribution in [1.82, 2.24) is 0 Å². The van der Waals surface area contributed by atoms with E-state index in [1.165, 1.54) is 17.7 Å². The van der Waals surface area contributed by atoms with E-state index in [0.717, 1.165) is 23.2 Å². The van der Waals surface area contributed by atoms with Crippen molar-refractivity contribution in [2.75, 3.05) is 6.54 Å². The van der Waals surface area contributed by atoms with Gasteiger partial charge in [0.05, 0.1) is 4.34 Å². The average Bonchev–Trinajstić information content (AvgIpc) is 2.85. The maximum Gasteiger partial charge on any atom is 0.0931 e. The van der Waals surface area contributed by atoms with Gasteiger partial charge in [-0.15, -0.1) is 11.3 Å². The first-order chi connectivity index (χ1) is 6.31. The molecule has 0 aliphatic heterocycles. The summed E-state index contributed by atoms with van der Waals surface area (Å²) in [5, 5.41) is 0. The second-order valence-corrected chi connectivity index (χ2v) is 5.41. The molecule has 2 N–H and O–H groups in total. The lowest BCUT2D eigenvalue weighted by molar-refractivity contribution is 0.574. The molecule has 0 radical (unpaired) electrons. The van der Waals surface area contributed by atoms with Gasteiger partial charge in [-0.05, 0) is 49.8 Å². The Morgan fingerprint density at radius 2 is 2.31 bits per heavy atom. The summed E-state index contributed by atoms with van der Waals surface area (Å²) in [4.78, 5) is 1.43. The summed E-state index contributed by atoms with van der Waals surface area (Å²) in [5.74, 6) is 1.57. The quantitative estimate of drug-likeness (QED) is 0.820. The van der Waals surface area contributed by atoms with Crippen molar-refractivity contribution in [2.45, 2.75) is 25.2 Å². The second-order valence-electron chi connectivity index (χ2n) is 3.66. The lowest BCUT2D eigenvalue weighted by Crippen LogP contribution is -2.07. The van der Waals surface area contributed by atoms with Crippen molar-refractivity contribution in [3.05, 3.63) is 21.3 Å². The molecule has 0 aromatic carbocycles. The lowest BCUT2D eigenvalue weighted by atomic mass is 9.98. The molecule has 1 nitrogen and oxygen atoms in total. The number of hydrogen-bond donors (Lipinski definition) is 1.